The molecule has 8 heteroatoms. The van der Waals surface area contributed by atoms with Crippen molar-refractivity contribution in [1.29, 1.82) is 0 Å². The van der Waals surface area contributed by atoms with Gasteiger partial charge in [0.1, 0.15) is 11.6 Å². The van der Waals surface area contributed by atoms with Gasteiger partial charge in [0.05, 0.1) is 13.2 Å². The molecule has 0 radical (unpaired) electrons. The summed E-state index contributed by atoms with van der Waals surface area (Å²) < 4.78 is 11.1. The van der Waals surface area contributed by atoms with Crippen LogP contribution in [0.3, 0.4) is 0 Å². The summed E-state index contributed by atoms with van der Waals surface area (Å²) in [5, 5.41) is 6.79. The van der Waals surface area contributed by atoms with E-state index in [1.54, 1.807) is 7.11 Å². The van der Waals surface area contributed by atoms with Crippen molar-refractivity contribution in [2.45, 2.75) is 46.2 Å². The van der Waals surface area contributed by atoms with Crippen molar-refractivity contribution >= 4 is 35.8 Å². The van der Waals surface area contributed by atoms with Gasteiger partial charge < -0.3 is 25.0 Å². The number of nitrogens with zero attached hydrogens (tertiary/aromatic N) is 3. The van der Waals surface area contributed by atoms with E-state index >= 15 is 0 Å². The molecule has 0 amide bonds. The van der Waals surface area contributed by atoms with Crippen LogP contribution in [0.2, 0.25) is 0 Å². The molecule has 1 aromatic heterocycles. The molecule has 33 heavy (non-hydrogen) atoms. The van der Waals surface area contributed by atoms with E-state index in [-0.39, 0.29) is 24.0 Å². The average molecular weight is 568 g/mol. The fraction of sp³-hybridized carbons (Fsp3) is 0.520. The third-order valence-corrected chi connectivity index (χ3v) is 5.42. The molecular formula is C25H38IN5O2. The van der Waals surface area contributed by atoms with Crippen molar-refractivity contribution in [3.8, 4) is 5.75 Å². The summed E-state index contributed by atoms with van der Waals surface area (Å²) in [5.41, 5.74) is 3.46. The summed E-state index contributed by atoms with van der Waals surface area (Å²) in [4.78, 5) is 11.7. The Hall–Kier alpha value is -2.07. The summed E-state index contributed by atoms with van der Waals surface area (Å²) in [6.45, 7) is 9.72. The molecule has 1 fully saturated rings. The molecule has 182 valence electrons. The number of benzene rings is 1. The van der Waals surface area contributed by atoms with Crippen molar-refractivity contribution in [3.63, 3.8) is 0 Å². The van der Waals surface area contributed by atoms with Gasteiger partial charge in [-0.15, -0.1) is 24.0 Å². The van der Waals surface area contributed by atoms with Crippen LogP contribution in [-0.4, -0.2) is 50.9 Å². The summed E-state index contributed by atoms with van der Waals surface area (Å²) >= 11 is 0. The van der Waals surface area contributed by atoms with Crippen LogP contribution in [0, 0.1) is 6.92 Å². The van der Waals surface area contributed by atoms with E-state index in [1.807, 2.05) is 12.3 Å². The summed E-state index contributed by atoms with van der Waals surface area (Å²) in [7, 11) is 1.71. The summed E-state index contributed by atoms with van der Waals surface area (Å²) in [6, 6.07) is 10.5. The monoisotopic (exact) mass is 567 g/mol. The third-order valence-electron chi connectivity index (χ3n) is 5.42. The van der Waals surface area contributed by atoms with Gasteiger partial charge in [0, 0.05) is 58.1 Å². The lowest BCUT2D eigenvalue weighted by molar-refractivity contribution is 0.171. The predicted molar refractivity (Wildman–Crippen MR) is 146 cm³/mol. The van der Waals surface area contributed by atoms with Gasteiger partial charge in [-0.25, -0.2) is 9.98 Å². The van der Waals surface area contributed by atoms with Crippen molar-refractivity contribution in [1.82, 2.24) is 15.6 Å². The lowest BCUT2D eigenvalue weighted by Crippen LogP contribution is -2.36. The Kier molecular flexibility index (Phi) is 12.3. The number of pyridine rings is 1. The topological polar surface area (TPSA) is 71.0 Å². The minimum absolute atomic E-state index is 0. The van der Waals surface area contributed by atoms with Crippen LogP contribution in [0.4, 0.5) is 5.82 Å². The number of halogens is 1. The number of methoxy groups -OCH3 is 1. The van der Waals surface area contributed by atoms with Gasteiger partial charge in [0.2, 0.25) is 0 Å². The zero-order valence-corrected chi connectivity index (χ0v) is 22.4. The largest absolute Gasteiger partial charge is 0.493 e. The highest BCUT2D eigenvalue weighted by Crippen LogP contribution is 2.21. The number of rotatable bonds is 11. The maximum absolute atomic E-state index is 6.01. The zero-order valence-electron chi connectivity index (χ0n) is 20.1. The number of guanidine groups is 1. The van der Waals surface area contributed by atoms with Crippen molar-refractivity contribution < 1.29 is 9.47 Å². The van der Waals surface area contributed by atoms with Gasteiger partial charge >= 0.3 is 0 Å². The average Bonchev–Trinajstić information content (AvgIpc) is 3.35. The number of ether oxygens (including phenoxy) is 2. The van der Waals surface area contributed by atoms with Crippen LogP contribution in [0.5, 0.6) is 5.75 Å². The molecule has 2 heterocycles. The zero-order chi connectivity index (χ0) is 22.6. The third kappa shape index (κ3) is 9.00. The van der Waals surface area contributed by atoms with Gasteiger partial charge in [-0.3, -0.25) is 0 Å². The quantitative estimate of drug-likeness (QED) is 0.183. The smallest absolute Gasteiger partial charge is 0.191 e. The van der Waals surface area contributed by atoms with Gasteiger partial charge in [-0.05, 0) is 56.0 Å². The molecule has 0 atom stereocenters. The second-order valence-corrected chi connectivity index (χ2v) is 8.07. The van der Waals surface area contributed by atoms with Crippen LogP contribution in [0.1, 0.15) is 42.9 Å². The van der Waals surface area contributed by atoms with Crippen LogP contribution in [0.25, 0.3) is 0 Å². The van der Waals surface area contributed by atoms with Gasteiger partial charge in [-0.2, -0.15) is 0 Å². The Morgan fingerprint density at radius 2 is 1.94 bits per heavy atom. The molecule has 0 unspecified atom stereocenters. The van der Waals surface area contributed by atoms with Crippen LogP contribution in [0.15, 0.2) is 41.5 Å². The van der Waals surface area contributed by atoms with Gasteiger partial charge in [0.15, 0.2) is 5.96 Å². The molecule has 7 nitrogen and oxygen atoms in total. The fourth-order valence-electron chi connectivity index (χ4n) is 3.70. The second-order valence-electron chi connectivity index (χ2n) is 8.07. The number of hydrogen-bond acceptors (Lipinski definition) is 5. The van der Waals surface area contributed by atoms with E-state index < -0.39 is 0 Å². The first-order valence-electron chi connectivity index (χ1n) is 11.6. The molecule has 1 saturated heterocycles. The maximum Gasteiger partial charge on any atom is 0.191 e. The van der Waals surface area contributed by atoms with Crippen LogP contribution >= 0.6 is 24.0 Å². The van der Waals surface area contributed by atoms with Gasteiger partial charge in [-0.1, -0.05) is 12.1 Å². The molecule has 0 aliphatic carbocycles. The SMILES string of the molecule is CCNC(=NCc1ccnc(N2CCCC2)c1)NCc1ccc(C)cc1OCCCOC.I. The molecule has 0 saturated carbocycles. The molecular weight excluding hydrogens is 529 g/mol. The van der Waals surface area contributed by atoms with Crippen molar-refractivity contribution in [3.05, 3.63) is 53.2 Å². The molecule has 1 aliphatic rings. The number of hydrogen-bond donors (Lipinski definition) is 2. The molecule has 2 aromatic rings. The van der Waals surface area contributed by atoms with E-state index in [2.05, 4.69) is 58.6 Å². The Morgan fingerprint density at radius 1 is 1.12 bits per heavy atom. The van der Waals surface area contributed by atoms with E-state index in [9.17, 15) is 0 Å². The van der Waals surface area contributed by atoms with Crippen LogP contribution < -0.4 is 20.3 Å². The van der Waals surface area contributed by atoms with Crippen molar-refractivity contribution in [2.75, 3.05) is 44.9 Å². The Morgan fingerprint density at radius 3 is 2.70 bits per heavy atom. The minimum atomic E-state index is 0. The van der Waals surface area contributed by atoms with Gasteiger partial charge in [0.25, 0.3) is 0 Å². The lowest BCUT2D eigenvalue weighted by atomic mass is 10.1. The minimum Gasteiger partial charge on any atom is -0.493 e. The Bertz CT molecular complexity index is 872. The van der Waals surface area contributed by atoms with E-state index in [0.717, 1.165) is 54.7 Å². The highest BCUT2D eigenvalue weighted by atomic mass is 127. The lowest BCUT2D eigenvalue weighted by Gasteiger charge is -2.17. The van der Waals surface area contributed by atoms with Crippen molar-refractivity contribution in [2.24, 2.45) is 4.99 Å². The number of aryl methyl sites for hydroxylation is 1. The number of nitrogens with one attached hydrogen (secondary N) is 2. The molecule has 0 spiro atoms. The number of aromatic nitrogens is 1. The number of anilines is 1. The predicted octanol–water partition coefficient (Wildman–Crippen LogP) is 4.28. The first-order valence-corrected chi connectivity index (χ1v) is 11.6. The first-order chi connectivity index (χ1) is 15.7. The van der Waals surface area contributed by atoms with E-state index in [1.165, 1.54) is 18.4 Å². The highest BCUT2D eigenvalue weighted by Gasteiger charge is 2.13. The maximum atomic E-state index is 6.01. The second kappa shape index (κ2) is 15.0. The number of aliphatic imine (C=N–C) groups is 1. The fourth-order valence-corrected chi connectivity index (χ4v) is 3.70. The normalized spacial score (nSPS) is 13.5. The standard InChI is InChI=1S/C25H37N5O2.HI/c1-4-26-25(28-18-21-10-11-27-24(17-21)30-12-5-6-13-30)29-19-22-9-8-20(2)16-23(22)32-15-7-14-31-3;/h8-11,16-17H,4-7,12-15,18-19H2,1-3H3,(H2,26,28,29);1H. The molecule has 0 bridgehead atoms. The van der Waals surface area contributed by atoms with E-state index in [4.69, 9.17) is 14.5 Å². The molecule has 3 rings (SSSR count). The Labute approximate surface area is 215 Å². The van der Waals surface area contributed by atoms with Crippen LogP contribution in [-0.2, 0) is 17.8 Å². The Balaban J connectivity index is 0.00000385. The first kappa shape index (κ1) is 27.2. The summed E-state index contributed by atoms with van der Waals surface area (Å²) in [5.74, 6) is 2.76. The molecule has 1 aromatic carbocycles. The highest BCUT2D eigenvalue weighted by molar-refractivity contribution is 14.0. The molecule has 2 N–H and O–H groups in total. The van der Waals surface area contributed by atoms with E-state index in [0.29, 0.717) is 26.3 Å². The molecule has 1 aliphatic heterocycles. The summed E-state index contributed by atoms with van der Waals surface area (Å²) in [6.07, 6.45) is 5.25.